The number of aliphatic hydroxyl groups is 1. The van der Waals surface area contributed by atoms with Crippen molar-refractivity contribution in [3.8, 4) is 6.07 Å². The summed E-state index contributed by atoms with van der Waals surface area (Å²) in [7, 11) is 0. The molecule has 1 N–H and O–H groups in total. The van der Waals surface area contributed by atoms with Crippen LogP contribution in [0.4, 0.5) is 0 Å². The van der Waals surface area contributed by atoms with Crippen molar-refractivity contribution in [3.63, 3.8) is 0 Å². The highest BCUT2D eigenvalue weighted by atomic mass is 16.3. The van der Waals surface area contributed by atoms with Gasteiger partial charge < -0.3 is 5.11 Å². The molecule has 0 fully saturated rings. The van der Waals surface area contributed by atoms with Crippen LogP contribution in [-0.4, -0.2) is 11.2 Å². The average Bonchev–Trinajstić information content (AvgIpc) is 1.98. The van der Waals surface area contributed by atoms with Crippen LogP contribution < -0.4 is 0 Å². The van der Waals surface area contributed by atoms with E-state index in [1.807, 2.05) is 0 Å². The van der Waals surface area contributed by atoms with Gasteiger partial charge in [-0.2, -0.15) is 5.26 Å². The molecule has 0 saturated carbocycles. The number of rotatable bonds is 5. The van der Waals surface area contributed by atoms with Gasteiger partial charge in [-0.15, -0.1) is 0 Å². The van der Waals surface area contributed by atoms with Crippen LogP contribution in [0.25, 0.3) is 0 Å². The van der Waals surface area contributed by atoms with E-state index in [1.54, 1.807) is 6.07 Å². The largest absolute Gasteiger partial charge is 0.378 e. The molecule has 0 heterocycles. The fraction of sp³-hybridized carbons (Fsp3) is 0.875. The third-order valence-electron chi connectivity index (χ3n) is 1.48. The normalized spacial score (nSPS) is 12.5. The highest BCUT2D eigenvalue weighted by Crippen LogP contribution is 2.04. The van der Waals surface area contributed by atoms with Crippen molar-refractivity contribution < 1.29 is 5.11 Å². The lowest BCUT2D eigenvalue weighted by Crippen LogP contribution is -2.01. The van der Waals surface area contributed by atoms with Gasteiger partial charge in [-0.1, -0.05) is 26.2 Å². The average molecular weight is 141 g/mol. The molecule has 0 amide bonds. The van der Waals surface area contributed by atoms with Gasteiger partial charge in [0.05, 0.1) is 6.07 Å². The second kappa shape index (κ2) is 6.57. The molecule has 0 aliphatic carbocycles. The molecule has 0 aliphatic heterocycles. The standard InChI is InChI=1S/C8H15NO/c1-2-3-4-5-6-8(10)7-9/h8,10H,2-6H2,1H3. The van der Waals surface area contributed by atoms with E-state index in [1.165, 1.54) is 12.8 Å². The second-order valence-corrected chi connectivity index (χ2v) is 2.49. The van der Waals surface area contributed by atoms with Crippen LogP contribution in [0.2, 0.25) is 0 Å². The maximum Gasteiger partial charge on any atom is 0.140 e. The monoisotopic (exact) mass is 141 g/mol. The predicted molar refractivity (Wildman–Crippen MR) is 40.4 cm³/mol. The van der Waals surface area contributed by atoms with Gasteiger partial charge in [0.1, 0.15) is 6.10 Å². The van der Waals surface area contributed by atoms with E-state index in [2.05, 4.69) is 6.92 Å². The van der Waals surface area contributed by atoms with E-state index in [0.29, 0.717) is 6.42 Å². The fourth-order valence-corrected chi connectivity index (χ4v) is 0.829. The highest BCUT2D eigenvalue weighted by Gasteiger charge is 1.98. The molecule has 0 radical (unpaired) electrons. The van der Waals surface area contributed by atoms with Crippen LogP contribution in [0, 0.1) is 11.3 Å². The molecule has 2 heteroatoms. The smallest absolute Gasteiger partial charge is 0.140 e. The summed E-state index contributed by atoms with van der Waals surface area (Å²) in [4.78, 5) is 0. The molecule has 58 valence electrons. The second-order valence-electron chi connectivity index (χ2n) is 2.49. The van der Waals surface area contributed by atoms with E-state index in [4.69, 9.17) is 10.4 Å². The Bertz CT molecular complexity index is 106. The Morgan fingerprint density at radius 3 is 2.60 bits per heavy atom. The van der Waals surface area contributed by atoms with Gasteiger partial charge in [-0.3, -0.25) is 0 Å². The first kappa shape index (κ1) is 9.45. The Morgan fingerprint density at radius 1 is 1.40 bits per heavy atom. The van der Waals surface area contributed by atoms with Gasteiger partial charge in [-0.25, -0.2) is 0 Å². The Labute approximate surface area is 62.5 Å². The zero-order valence-corrected chi connectivity index (χ0v) is 6.51. The minimum atomic E-state index is -0.739. The first-order valence-electron chi connectivity index (χ1n) is 3.89. The maximum atomic E-state index is 8.80. The van der Waals surface area contributed by atoms with E-state index in [9.17, 15) is 0 Å². The minimum absolute atomic E-state index is 0.635. The number of unbranched alkanes of at least 4 members (excludes halogenated alkanes) is 3. The van der Waals surface area contributed by atoms with E-state index >= 15 is 0 Å². The molecule has 0 aromatic heterocycles. The minimum Gasteiger partial charge on any atom is -0.378 e. The van der Waals surface area contributed by atoms with Crippen molar-refractivity contribution in [2.24, 2.45) is 0 Å². The molecule has 10 heavy (non-hydrogen) atoms. The molecule has 0 rings (SSSR count). The van der Waals surface area contributed by atoms with Gasteiger partial charge >= 0.3 is 0 Å². The molecule has 0 aromatic rings. The zero-order valence-electron chi connectivity index (χ0n) is 6.51. The zero-order chi connectivity index (χ0) is 7.82. The third-order valence-corrected chi connectivity index (χ3v) is 1.48. The summed E-state index contributed by atoms with van der Waals surface area (Å²) in [5.74, 6) is 0. The first-order valence-corrected chi connectivity index (χ1v) is 3.89. The van der Waals surface area contributed by atoms with Crippen molar-refractivity contribution in [1.29, 1.82) is 5.26 Å². The SMILES string of the molecule is CCCCCCC(O)C#N. The van der Waals surface area contributed by atoms with Gasteiger partial charge in [0, 0.05) is 0 Å². The van der Waals surface area contributed by atoms with Gasteiger partial charge in [0.25, 0.3) is 0 Å². The van der Waals surface area contributed by atoms with Crippen molar-refractivity contribution in [1.82, 2.24) is 0 Å². The summed E-state index contributed by atoms with van der Waals surface area (Å²) < 4.78 is 0. The van der Waals surface area contributed by atoms with E-state index < -0.39 is 6.10 Å². The van der Waals surface area contributed by atoms with Crippen molar-refractivity contribution in [3.05, 3.63) is 0 Å². The number of nitrogens with zero attached hydrogens (tertiary/aromatic N) is 1. The first-order chi connectivity index (χ1) is 4.81. The maximum absolute atomic E-state index is 8.80. The van der Waals surface area contributed by atoms with Crippen LogP contribution in [0.1, 0.15) is 39.0 Å². The Morgan fingerprint density at radius 2 is 2.10 bits per heavy atom. The molecule has 0 aromatic carbocycles. The molecule has 1 atom stereocenters. The number of hydrogen-bond acceptors (Lipinski definition) is 2. The Balaban J connectivity index is 2.98. The quantitative estimate of drug-likeness (QED) is 0.469. The third kappa shape index (κ3) is 5.58. The molecule has 0 spiro atoms. The van der Waals surface area contributed by atoms with Crippen LogP contribution in [0.3, 0.4) is 0 Å². The topological polar surface area (TPSA) is 44.0 Å². The van der Waals surface area contributed by atoms with E-state index in [-0.39, 0.29) is 0 Å². The Hall–Kier alpha value is -0.550. The molecular weight excluding hydrogens is 126 g/mol. The van der Waals surface area contributed by atoms with Crippen molar-refractivity contribution in [2.45, 2.75) is 45.1 Å². The lowest BCUT2D eigenvalue weighted by molar-refractivity contribution is 0.215. The summed E-state index contributed by atoms with van der Waals surface area (Å²) in [6.45, 7) is 2.14. The number of hydrogen-bond donors (Lipinski definition) is 1. The summed E-state index contributed by atoms with van der Waals surface area (Å²) in [6, 6.07) is 1.80. The van der Waals surface area contributed by atoms with E-state index in [0.717, 1.165) is 12.8 Å². The molecular formula is C8H15NO. The van der Waals surface area contributed by atoms with Gasteiger partial charge in [0.15, 0.2) is 0 Å². The molecule has 0 aliphatic rings. The molecule has 0 saturated heterocycles. The van der Waals surface area contributed by atoms with Crippen LogP contribution in [0.5, 0.6) is 0 Å². The molecule has 1 unspecified atom stereocenters. The van der Waals surface area contributed by atoms with Crippen LogP contribution in [-0.2, 0) is 0 Å². The van der Waals surface area contributed by atoms with Gasteiger partial charge in [0.2, 0.25) is 0 Å². The van der Waals surface area contributed by atoms with Gasteiger partial charge in [-0.05, 0) is 12.8 Å². The van der Waals surface area contributed by atoms with Crippen LogP contribution >= 0.6 is 0 Å². The summed E-state index contributed by atoms with van der Waals surface area (Å²) in [5.41, 5.74) is 0. The highest BCUT2D eigenvalue weighted by molar-refractivity contribution is 4.81. The number of aliphatic hydroxyl groups excluding tert-OH is 1. The summed E-state index contributed by atoms with van der Waals surface area (Å²) >= 11 is 0. The summed E-state index contributed by atoms with van der Waals surface area (Å²) in [5, 5.41) is 17.0. The van der Waals surface area contributed by atoms with Crippen LogP contribution in [0.15, 0.2) is 0 Å². The number of nitriles is 1. The molecule has 0 bridgehead atoms. The fourth-order valence-electron chi connectivity index (χ4n) is 0.829. The van der Waals surface area contributed by atoms with Crippen molar-refractivity contribution >= 4 is 0 Å². The van der Waals surface area contributed by atoms with Crippen molar-refractivity contribution in [2.75, 3.05) is 0 Å². The molecule has 2 nitrogen and oxygen atoms in total. The Kier molecular flexibility index (Phi) is 6.21. The summed E-state index contributed by atoms with van der Waals surface area (Å²) in [6.07, 6.45) is 4.41. The predicted octanol–water partition coefficient (Wildman–Crippen LogP) is 1.84. The lowest BCUT2D eigenvalue weighted by atomic mass is 10.1. The lowest BCUT2D eigenvalue weighted by Gasteiger charge is -1.99.